The highest BCUT2D eigenvalue weighted by Crippen LogP contribution is 2.30. The lowest BCUT2D eigenvalue weighted by Gasteiger charge is -2.26. The second-order valence-corrected chi connectivity index (χ2v) is 7.61. The molecule has 0 aliphatic carbocycles. The van der Waals surface area contributed by atoms with E-state index < -0.39 is 12.7 Å². The van der Waals surface area contributed by atoms with Crippen molar-refractivity contribution in [2.45, 2.75) is 33.0 Å². The molecule has 3 heterocycles. The molecule has 0 saturated heterocycles. The number of aryl methyl sites for hydroxylation is 1. The largest absolute Gasteiger partial charge is 0.406 e. The molecule has 0 radical (unpaired) electrons. The van der Waals surface area contributed by atoms with Crippen LogP contribution in [0.1, 0.15) is 33.7 Å². The van der Waals surface area contributed by atoms with Crippen LogP contribution in [0.25, 0.3) is 16.5 Å². The van der Waals surface area contributed by atoms with Crippen LogP contribution < -0.4 is 0 Å². The van der Waals surface area contributed by atoms with Gasteiger partial charge in [0.1, 0.15) is 12.4 Å². The van der Waals surface area contributed by atoms with Gasteiger partial charge in [-0.1, -0.05) is 6.08 Å². The predicted octanol–water partition coefficient (Wildman–Crippen LogP) is 5.22. The van der Waals surface area contributed by atoms with E-state index in [4.69, 9.17) is 0 Å². The highest BCUT2D eigenvalue weighted by atomic mass is 19.4. The molecule has 2 aromatic heterocycles. The molecule has 0 bridgehead atoms. The number of amides is 1. The van der Waals surface area contributed by atoms with Gasteiger partial charge in [-0.3, -0.25) is 4.79 Å². The van der Waals surface area contributed by atoms with Crippen molar-refractivity contribution in [2.75, 3.05) is 13.1 Å². The van der Waals surface area contributed by atoms with Crippen LogP contribution in [0.2, 0.25) is 0 Å². The van der Waals surface area contributed by atoms with Gasteiger partial charge in [-0.05, 0) is 50.1 Å². The smallest absolute Gasteiger partial charge is 0.360 e. The van der Waals surface area contributed by atoms with Crippen molar-refractivity contribution in [1.82, 2.24) is 14.5 Å². The lowest BCUT2D eigenvalue weighted by atomic mass is 9.98. The van der Waals surface area contributed by atoms with E-state index in [1.54, 1.807) is 24.8 Å². The number of hydrogen-bond donors (Lipinski definition) is 1. The van der Waals surface area contributed by atoms with Gasteiger partial charge in [-0.25, -0.2) is 4.39 Å². The van der Waals surface area contributed by atoms with Crippen LogP contribution in [0.5, 0.6) is 0 Å². The number of carbonyl (C=O) groups is 1. The maximum Gasteiger partial charge on any atom is 0.406 e. The topological polar surface area (TPSA) is 41.0 Å². The Morgan fingerprint density at radius 3 is 2.63 bits per heavy atom. The van der Waals surface area contributed by atoms with Gasteiger partial charge < -0.3 is 14.5 Å². The Labute approximate surface area is 170 Å². The molecule has 8 heteroatoms. The summed E-state index contributed by atoms with van der Waals surface area (Å²) in [6.45, 7) is 2.83. The number of nitrogens with one attached hydrogen (secondary N) is 1. The molecule has 1 aromatic carbocycles. The number of aromatic nitrogens is 2. The maximum atomic E-state index is 13.4. The number of benzene rings is 1. The van der Waals surface area contributed by atoms with Crippen molar-refractivity contribution in [1.29, 1.82) is 0 Å². The lowest BCUT2D eigenvalue weighted by Crippen LogP contribution is -2.35. The molecule has 1 aliphatic heterocycles. The van der Waals surface area contributed by atoms with Gasteiger partial charge in [0.2, 0.25) is 0 Å². The van der Waals surface area contributed by atoms with Crippen LogP contribution in [0.15, 0.2) is 36.5 Å². The van der Waals surface area contributed by atoms with E-state index in [-0.39, 0.29) is 11.7 Å². The Hall–Kier alpha value is -3.03. The number of alkyl halides is 3. The maximum absolute atomic E-state index is 13.4. The highest BCUT2D eigenvalue weighted by molar-refractivity contribution is 5.97. The van der Waals surface area contributed by atoms with E-state index in [1.807, 2.05) is 12.3 Å². The number of rotatable bonds is 3. The van der Waals surface area contributed by atoms with Gasteiger partial charge >= 0.3 is 6.18 Å². The summed E-state index contributed by atoms with van der Waals surface area (Å²) in [6, 6.07) is 6.10. The lowest BCUT2D eigenvalue weighted by molar-refractivity contribution is -0.141. The third-order valence-electron chi connectivity index (χ3n) is 5.63. The molecule has 0 unspecified atom stereocenters. The Bertz CT molecular complexity index is 1150. The zero-order valence-corrected chi connectivity index (χ0v) is 16.6. The van der Waals surface area contributed by atoms with E-state index in [9.17, 15) is 22.4 Å². The van der Waals surface area contributed by atoms with Crippen LogP contribution >= 0.6 is 0 Å². The summed E-state index contributed by atoms with van der Waals surface area (Å²) in [4.78, 5) is 17.7. The standard InChI is InChI=1S/C22H21F4N3O/c1-13-9-18(14(2)29(13)12-22(24,25)26)21(30)28-7-5-15(6-8-28)19-11-27-20-10-16(23)3-4-17(19)20/h3-5,9-11,27H,6-8,12H2,1-2H3. The van der Waals surface area contributed by atoms with Crippen molar-refractivity contribution in [3.05, 3.63) is 64.9 Å². The minimum atomic E-state index is -4.35. The molecule has 0 fully saturated rings. The second-order valence-electron chi connectivity index (χ2n) is 7.61. The molecule has 1 aliphatic rings. The minimum Gasteiger partial charge on any atom is -0.360 e. The van der Waals surface area contributed by atoms with Crippen molar-refractivity contribution < 1.29 is 22.4 Å². The zero-order chi connectivity index (χ0) is 21.6. The average molecular weight is 419 g/mol. The molecule has 1 amide bonds. The van der Waals surface area contributed by atoms with Gasteiger partial charge in [-0.15, -0.1) is 0 Å². The monoisotopic (exact) mass is 419 g/mol. The number of aromatic amines is 1. The molecule has 30 heavy (non-hydrogen) atoms. The second kappa shape index (κ2) is 7.34. The van der Waals surface area contributed by atoms with Crippen LogP contribution in [-0.2, 0) is 6.54 Å². The fraction of sp³-hybridized carbons (Fsp3) is 0.318. The minimum absolute atomic E-state index is 0.271. The molecule has 4 rings (SSSR count). The van der Waals surface area contributed by atoms with E-state index in [0.717, 1.165) is 21.1 Å². The quantitative estimate of drug-likeness (QED) is 0.582. The van der Waals surface area contributed by atoms with Crippen molar-refractivity contribution >= 4 is 22.4 Å². The molecule has 4 nitrogen and oxygen atoms in total. The highest BCUT2D eigenvalue weighted by Gasteiger charge is 2.31. The number of H-pyrrole nitrogens is 1. The molecule has 0 spiro atoms. The van der Waals surface area contributed by atoms with Gasteiger partial charge in [-0.2, -0.15) is 13.2 Å². The number of hydrogen-bond acceptors (Lipinski definition) is 1. The third kappa shape index (κ3) is 3.74. The number of halogens is 4. The molecular formula is C22H21F4N3O. The number of carbonyl (C=O) groups excluding carboxylic acids is 1. The summed E-state index contributed by atoms with van der Waals surface area (Å²) in [5, 5.41) is 0.915. The summed E-state index contributed by atoms with van der Waals surface area (Å²) in [7, 11) is 0. The predicted molar refractivity (Wildman–Crippen MR) is 107 cm³/mol. The SMILES string of the molecule is Cc1cc(C(=O)N2CC=C(c3c[nH]c4cc(F)ccc34)CC2)c(C)n1CC(F)(F)F. The first-order valence-electron chi connectivity index (χ1n) is 9.63. The van der Waals surface area contributed by atoms with E-state index in [0.29, 0.717) is 42.0 Å². The first kappa shape index (κ1) is 20.3. The van der Waals surface area contributed by atoms with Crippen molar-refractivity contribution in [3.8, 4) is 0 Å². The molecule has 158 valence electrons. The normalized spacial score (nSPS) is 15.0. The zero-order valence-electron chi connectivity index (χ0n) is 16.6. The number of fused-ring (bicyclic) bond motifs is 1. The van der Waals surface area contributed by atoms with Crippen molar-refractivity contribution in [3.63, 3.8) is 0 Å². The third-order valence-corrected chi connectivity index (χ3v) is 5.63. The summed E-state index contributed by atoms with van der Waals surface area (Å²) >= 11 is 0. The Balaban J connectivity index is 1.54. The van der Waals surface area contributed by atoms with Crippen LogP contribution in [0.3, 0.4) is 0 Å². The molecule has 3 aromatic rings. The van der Waals surface area contributed by atoms with Crippen molar-refractivity contribution in [2.24, 2.45) is 0 Å². The summed E-state index contributed by atoms with van der Waals surface area (Å²) in [6.07, 6.45) is 0.0394. The Morgan fingerprint density at radius 1 is 1.20 bits per heavy atom. The molecule has 0 saturated carbocycles. The summed E-state index contributed by atoms with van der Waals surface area (Å²) in [5.41, 5.74) is 3.77. The Morgan fingerprint density at radius 2 is 1.97 bits per heavy atom. The van der Waals surface area contributed by atoms with Gasteiger partial charge in [0.05, 0.1) is 5.56 Å². The summed E-state index contributed by atoms with van der Waals surface area (Å²) in [5.74, 6) is -0.582. The fourth-order valence-electron chi connectivity index (χ4n) is 4.07. The first-order chi connectivity index (χ1) is 14.1. The van der Waals surface area contributed by atoms with Gasteiger partial charge in [0.25, 0.3) is 5.91 Å². The van der Waals surface area contributed by atoms with Gasteiger partial charge in [0.15, 0.2) is 0 Å². The Kier molecular flexibility index (Phi) is 4.95. The molecule has 1 N–H and O–H groups in total. The van der Waals surface area contributed by atoms with Gasteiger partial charge in [0, 0.05) is 47.1 Å². The van der Waals surface area contributed by atoms with E-state index >= 15 is 0 Å². The number of nitrogens with zero attached hydrogens (tertiary/aromatic N) is 2. The molecule has 0 atom stereocenters. The first-order valence-corrected chi connectivity index (χ1v) is 9.63. The van der Waals surface area contributed by atoms with Crippen LogP contribution in [0.4, 0.5) is 17.6 Å². The average Bonchev–Trinajstić information content (AvgIpc) is 3.22. The van der Waals surface area contributed by atoms with Crippen LogP contribution in [0, 0.1) is 19.7 Å². The summed E-state index contributed by atoms with van der Waals surface area (Å²) < 4.78 is 53.0. The van der Waals surface area contributed by atoms with E-state index in [2.05, 4.69) is 4.98 Å². The van der Waals surface area contributed by atoms with E-state index in [1.165, 1.54) is 18.2 Å². The molecular weight excluding hydrogens is 398 g/mol. The van der Waals surface area contributed by atoms with Crippen LogP contribution in [-0.4, -0.2) is 39.6 Å². The fourth-order valence-corrected chi connectivity index (χ4v) is 4.07.